The number of carbonyl (C=O) groups excluding carboxylic acids is 2. The van der Waals surface area contributed by atoms with E-state index in [9.17, 15) is 19.8 Å². The second-order valence-corrected chi connectivity index (χ2v) is 17.6. The first-order chi connectivity index (χ1) is 28.5. The first-order valence-electron chi connectivity index (χ1n) is 25.6. The lowest BCUT2D eigenvalue weighted by Crippen LogP contribution is -2.46. The Morgan fingerprint density at radius 3 is 1.34 bits per heavy atom. The maximum Gasteiger partial charge on any atom is 0.306 e. The van der Waals surface area contributed by atoms with Crippen molar-refractivity contribution in [2.75, 3.05) is 6.61 Å². The Morgan fingerprint density at radius 2 is 0.914 bits per heavy atom. The number of aliphatic hydroxyl groups excluding tert-OH is 2. The number of unbranched alkanes of at least 4 members (excludes halogenated alkanes) is 32. The standard InChI is InChI=1S/C52H99NO5/c1-4-7-10-13-16-19-22-23-24-25-26-27-30-33-36-39-42-45-52(57)58-48(43-40-37-34-31-28-20-17-14-11-8-5-2)46-51(56)53-49(47-54)50(55)44-41-38-35-32-29-21-18-15-12-9-6-3/h31,34,40,43,48-50,54-55H,4-30,32-33,35-39,41-42,44-47H2,1-3H3,(H,53,56)/b34-31-,43-40+. The van der Waals surface area contributed by atoms with Gasteiger partial charge in [0.25, 0.3) is 0 Å². The molecule has 0 aromatic rings. The molecule has 0 aliphatic rings. The monoisotopic (exact) mass is 818 g/mol. The largest absolute Gasteiger partial charge is 0.458 e. The van der Waals surface area contributed by atoms with Gasteiger partial charge in [-0.05, 0) is 38.2 Å². The zero-order chi connectivity index (χ0) is 42.4. The molecule has 0 fully saturated rings. The second-order valence-electron chi connectivity index (χ2n) is 17.6. The van der Waals surface area contributed by atoms with Crippen LogP contribution in [-0.4, -0.2) is 46.9 Å². The average molecular weight is 818 g/mol. The van der Waals surface area contributed by atoms with Gasteiger partial charge in [0.2, 0.25) is 5.91 Å². The van der Waals surface area contributed by atoms with Crippen LogP contribution in [0.3, 0.4) is 0 Å². The third-order valence-corrected chi connectivity index (χ3v) is 11.8. The smallest absolute Gasteiger partial charge is 0.306 e. The highest BCUT2D eigenvalue weighted by molar-refractivity contribution is 5.78. The molecule has 0 saturated carbocycles. The van der Waals surface area contributed by atoms with Gasteiger partial charge in [0.1, 0.15) is 6.10 Å². The zero-order valence-corrected chi connectivity index (χ0v) is 38.9. The third kappa shape index (κ3) is 41.1. The van der Waals surface area contributed by atoms with Crippen LogP contribution in [-0.2, 0) is 14.3 Å². The Morgan fingerprint density at radius 1 is 0.517 bits per heavy atom. The molecule has 0 aliphatic heterocycles. The minimum absolute atomic E-state index is 0.0234. The molecule has 6 nitrogen and oxygen atoms in total. The first kappa shape index (κ1) is 56.3. The van der Waals surface area contributed by atoms with Crippen LogP contribution in [0.2, 0.25) is 0 Å². The molecule has 0 bridgehead atoms. The number of rotatable bonds is 46. The van der Waals surface area contributed by atoms with Crippen LogP contribution in [0.5, 0.6) is 0 Å². The summed E-state index contributed by atoms with van der Waals surface area (Å²) in [4.78, 5) is 26.0. The Bertz CT molecular complexity index is 919. The second kappa shape index (κ2) is 46.4. The van der Waals surface area contributed by atoms with Gasteiger partial charge in [-0.15, -0.1) is 0 Å². The number of ether oxygens (including phenoxy) is 1. The van der Waals surface area contributed by atoms with Crippen LogP contribution < -0.4 is 5.32 Å². The molecule has 58 heavy (non-hydrogen) atoms. The highest BCUT2D eigenvalue weighted by Gasteiger charge is 2.23. The molecule has 0 aromatic heterocycles. The molecule has 0 saturated heterocycles. The van der Waals surface area contributed by atoms with E-state index in [0.29, 0.717) is 12.8 Å². The van der Waals surface area contributed by atoms with E-state index in [-0.39, 0.29) is 24.9 Å². The molecule has 0 aliphatic carbocycles. The highest BCUT2D eigenvalue weighted by atomic mass is 16.5. The summed E-state index contributed by atoms with van der Waals surface area (Å²) in [6, 6.07) is -0.726. The molecule has 0 spiro atoms. The molecule has 3 N–H and O–H groups in total. The van der Waals surface area contributed by atoms with Crippen LogP contribution in [0, 0.1) is 0 Å². The summed E-state index contributed by atoms with van der Waals surface area (Å²) < 4.78 is 5.83. The van der Waals surface area contributed by atoms with Crippen molar-refractivity contribution in [2.45, 2.75) is 289 Å². The topological polar surface area (TPSA) is 95.9 Å². The maximum absolute atomic E-state index is 13.1. The molecule has 3 unspecified atom stereocenters. The van der Waals surface area contributed by atoms with Crippen LogP contribution in [0.15, 0.2) is 24.3 Å². The van der Waals surface area contributed by atoms with Gasteiger partial charge in [-0.1, -0.05) is 244 Å². The summed E-state index contributed by atoms with van der Waals surface area (Å²) in [6.45, 7) is 6.45. The number of carbonyl (C=O) groups is 2. The van der Waals surface area contributed by atoms with E-state index < -0.39 is 18.2 Å². The Balaban J connectivity index is 4.55. The number of hydrogen-bond donors (Lipinski definition) is 3. The van der Waals surface area contributed by atoms with E-state index >= 15 is 0 Å². The van der Waals surface area contributed by atoms with Crippen LogP contribution in [0.1, 0.15) is 271 Å². The average Bonchev–Trinajstić information content (AvgIpc) is 3.22. The van der Waals surface area contributed by atoms with Gasteiger partial charge < -0.3 is 20.3 Å². The van der Waals surface area contributed by atoms with Crippen LogP contribution >= 0.6 is 0 Å². The van der Waals surface area contributed by atoms with E-state index in [0.717, 1.165) is 51.4 Å². The molecule has 6 heteroatoms. The van der Waals surface area contributed by atoms with Gasteiger partial charge in [-0.2, -0.15) is 0 Å². The minimum atomic E-state index is -0.805. The molecule has 3 atom stereocenters. The maximum atomic E-state index is 13.1. The number of nitrogens with one attached hydrogen (secondary N) is 1. The SMILES string of the molecule is CCCCCCCC/C=C\C/C=C/C(CC(=O)NC(CO)C(O)CCCCCCCCCCCCC)OC(=O)CCCCCCCCCCCCCCCCCCC. The Hall–Kier alpha value is -1.66. The fourth-order valence-corrected chi connectivity index (χ4v) is 7.87. The summed E-state index contributed by atoms with van der Waals surface area (Å²) in [5.74, 6) is -0.590. The molecule has 342 valence electrons. The van der Waals surface area contributed by atoms with E-state index in [1.807, 2.05) is 12.2 Å². The number of hydrogen-bond acceptors (Lipinski definition) is 5. The number of esters is 1. The first-order valence-corrected chi connectivity index (χ1v) is 25.6. The fourth-order valence-electron chi connectivity index (χ4n) is 7.87. The summed E-state index contributed by atoms with van der Waals surface area (Å²) >= 11 is 0. The van der Waals surface area contributed by atoms with Crippen LogP contribution in [0.4, 0.5) is 0 Å². The summed E-state index contributed by atoms with van der Waals surface area (Å²) in [6.07, 6.45) is 52.7. The van der Waals surface area contributed by atoms with Gasteiger partial charge >= 0.3 is 5.97 Å². The molecule has 0 aromatic carbocycles. The van der Waals surface area contributed by atoms with Gasteiger partial charge in [0.05, 0.1) is 25.2 Å². The lowest BCUT2D eigenvalue weighted by atomic mass is 10.0. The van der Waals surface area contributed by atoms with Crippen LogP contribution in [0.25, 0.3) is 0 Å². The van der Waals surface area contributed by atoms with E-state index in [2.05, 4.69) is 38.2 Å². The number of amides is 1. The van der Waals surface area contributed by atoms with Crippen molar-refractivity contribution < 1.29 is 24.5 Å². The van der Waals surface area contributed by atoms with Crippen molar-refractivity contribution >= 4 is 11.9 Å². The quantitative estimate of drug-likeness (QED) is 0.0323. The van der Waals surface area contributed by atoms with Gasteiger partial charge in [0, 0.05) is 6.42 Å². The Labute approximate surface area is 361 Å². The van der Waals surface area contributed by atoms with E-state index in [1.54, 1.807) is 0 Å². The third-order valence-electron chi connectivity index (χ3n) is 11.8. The van der Waals surface area contributed by atoms with Crippen molar-refractivity contribution in [3.63, 3.8) is 0 Å². The predicted octanol–water partition coefficient (Wildman–Crippen LogP) is 15.1. The molecule has 0 heterocycles. The van der Waals surface area contributed by atoms with Crippen molar-refractivity contribution in [3.8, 4) is 0 Å². The zero-order valence-electron chi connectivity index (χ0n) is 38.9. The van der Waals surface area contributed by atoms with Crippen molar-refractivity contribution in [1.82, 2.24) is 5.32 Å². The van der Waals surface area contributed by atoms with E-state index in [1.165, 1.54) is 180 Å². The highest BCUT2D eigenvalue weighted by Crippen LogP contribution is 2.17. The fraction of sp³-hybridized carbons (Fsp3) is 0.885. The summed E-state index contributed by atoms with van der Waals surface area (Å²) in [5, 5.41) is 23.6. The van der Waals surface area contributed by atoms with Gasteiger partial charge in [-0.25, -0.2) is 0 Å². The van der Waals surface area contributed by atoms with E-state index in [4.69, 9.17) is 4.74 Å². The molecular formula is C52H99NO5. The lowest BCUT2D eigenvalue weighted by molar-refractivity contribution is -0.148. The molecule has 0 radical (unpaired) electrons. The van der Waals surface area contributed by atoms with Gasteiger partial charge in [0.15, 0.2) is 0 Å². The molecular weight excluding hydrogens is 719 g/mol. The van der Waals surface area contributed by atoms with Crippen molar-refractivity contribution in [2.24, 2.45) is 0 Å². The normalized spacial score (nSPS) is 13.4. The number of allylic oxidation sites excluding steroid dienone is 3. The Kier molecular flexibility index (Phi) is 45.1. The molecule has 1 amide bonds. The predicted molar refractivity (Wildman–Crippen MR) is 250 cm³/mol. The van der Waals surface area contributed by atoms with Gasteiger partial charge in [-0.3, -0.25) is 9.59 Å². The minimum Gasteiger partial charge on any atom is -0.458 e. The summed E-state index contributed by atoms with van der Waals surface area (Å²) in [7, 11) is 0. The molecule has 0 rings (SSSR count). The summed E-state index contributed by atoms with van der Waals surface area (Å²) in [5.41, 5.74) is 0. The van der Waals surface area contributed by atoms with Crippen molar-refractivity contribution in [3.05, 3.63) is 24.3 Å². The number of aliphatic hydroxyl groups is 2. The van der Waals surface area contributed by atoms with Crippen molar-refractivity contribution in [1.29, 1.82) is 0 Å². The lowest BCUT2D eigenvalue weighted by Gasteiger charge is -2.23.